The Morgan fingerprint density at radius 1 is 1.37 bits per heavy atom. The standard InChI is InChI=1S/C13H16F4N2/c1-9-7-19(5-4-18-9)8-10-6-11(13(15,16)17)2-3-12(10)14/h2-3,6,9,18H,4-5,7-8H2,1H3/t9-/m0/s1. The Hall–Kier alpha value is -1.14. The molecule has 0 amide bonds. The van der Waals surface area contributed by atoms with E-state index in [-0.39, 0.29) is 18.2 Å². The number of hydrogen-bond donors (Lipinski definition) is 1. The molecule has 1 aliphatic rings. The van der Waals surface area contributed by atoms with Crippen LogP contribution in [0.4, 0.5) is 17.6 Å². The fourth-order valence-corrected chi connectivity index (χ4v) is 2.27. The molecule has 1 heterocycles. The lowest BCUT2D eigenvalue weighted by atomic mass is 10.1. The van der Waals surface area contributed by atoms with Crippen LogP contribution in [0.25, 0.3) is 0 Å². The van der Waals surface area contributed by atoms with Gasteiger partial charge >= 0.3 is 6.18 Å². The number of piperazine rings is 1. The molecule has 0 radical (unpaired) electrons. The molecule has 0 unspecified atom stereocenters. The second-order valence-electron chi connectivity index (χ2n) is 4.89. The number of halogens is 4. The molecule has 2 nitrogen and oxygen atoms in total. The Kier molecular flexibility index (Phi) is 4.10. The maximum Gasteiger partial charge on any atom is 0.416 e. The van der Waals surface area contributed by atoms with Crippen LogP contribution >= 0.6 is 0 Å². The van der Waals surface area contributed by atoms with Gasteiger partial charge in [-0.15, -0.1) is 0 Å². The molecule has 19 heavy (non-hydrogen) atoms. The van der Waals surface area contributed by atoms with Gasteiger partial charge < -0.3 is 5.32 Å². The van der Waals surface area contributed by atoms with Crippen molar-refractivity contribution >= 4 is 0 Å². The number of nitrogens with zero attached hydrogens (tertiary/aromatic N) is 1. The predicted octanol–water partition coefficient (Wildman–Crippen LogP) is 2.64. The van der Waals surface area contributed by atoms with E-state index >= 15 is 0 Å². The summed E-state index contributed by atoms with van der Waals surface area (Å²) >= 11 is 0. The molecule has 0 spiro atoms. The Labute approximate surface area is 109 Å². The van der Waals surface area contributed by atoms with E-state index in [0.29, 0.717) is 13.1 Å². The first kappa shape index (κ1) is 14.3. The van der Waals surface area contributed by atoms with Crippen LogP contribution in [0.1, 0.15) is 18.1 Å². The summed E-state index contributed by atoms with van der Waals surface area (Å²) in [6.07, 6.45) is -4.43. The Morgan fingerprint density at radius 3 is 2.74 bits per heavy atom. The van der Waals surface area contributed by atoms with E-state index in [2.05, 4.69) is 5.32 Å². The number of benzene rings is 1. The van der Waals surface area contributed by atoms with E-state index in [4.69, 9.17) is 0 Å². The van der Waals surface area contributed by atoms with E-state index < -0.39 is 17.6 Å². The fourth-order valence-electron chi connectivity index (χ4n) is 2.27. The van der Waals surface area contributed by atoms with Crippen LogP contribution in [0, 0.1) is 5.82 Å². The molecule has 0 bridgehead atoms. The van der Waals surface area contributed by atoms with Crippen molar-refractivity contribution in [3.05, 3.63) is 35.1 Å². The summed E-state index contributed by atoms with van der Waals surface area (Å²) in [4.78, 5) is 1.96. The summed E-state index contributed by atoms with van der Waals surface area (Å²) in [6, 6.07) is 2.84. The van der Waals surface area contributed by atoms with Crippen molar-refractivity contribution in [2.24, 2.45) is 0 Å². The maximum absolute atomic E-state index is 13.6. The minimum absolute atomic E-state index is 0.101. The molecular formula is C13H16F4N2. The zero-order chi connectivity index (χ0) is 14.0. The van der Waals surface area contributed by atoms with E-state index in [1.165, 1.54) is 0 Å². The highest BCUT2D eigenvalue weighted by molar-refractivity contribution is 5.27. The molecule has 1 fully saturated rings. The average Bonchev–Trinajstić information content (AvgIpc) is 2.30. The van der Waals surface area contributed by atoms with Gasteiger partial charge in [0, 0.05) is 37.8 Å². The van der Waals surface area contributed by atoms with Crippen LogP contribution in [-0.2, 0) is 12.7 Å². The molecule has 1 aromatic carbocycles. The normalized spacial score (nSPS) is 21.6. The van der Waals surface area contributed by atoms with Crippen LogP contribution < -0.4 is 5.32 Å². The Bertz CT molecular complexity index is 445. The lowest BCUT2D eigenvalue weighted by Gasteiger charge is -2.32. The largest absolute Gasteiger partial charge is 0.416 e. The van der Waals surface area contributed by atoms with Gasteiger partial charge in [0.25, 0.3) is 0 Å². The van der Waals surface area contributed by atoms with Crippen molar-refractivity contribution in [3.8, 4) is 0 Å². The summed E-state index contributed by atoms with van der Waals surface area (Å²) in [5.74, 6) is -0.584. The Balaban J connectivity index is 2.15. The van der Waals surface area contributed by atoms with Gasteiger partial charge in [-0.3, -0.25) is 4.90 Å². The van der Waals surface area contributed by atoms with Crippen molar-refractivity contribution in [1.82, 2.24) is 10.2 Å². The Morgan fingerprint density at radius 2 is 2.11 bits per heavy atom. The van der Waals surface area contributed by atoms with Crippen LogP contribution in [0.2, 0.25) is 0 Å². The smallest absolute Gasteiger partial charge is 0.312 e. The zero-order valence-electron chi connectivity index (χ0n) is 10.6. The molecular weight excluding hydrogens is 260 g/mol. The highest BCUT2D eigenvalue weighted by Gasteiger charge is 2.31. The first-order valence-corrected chi connectivity index (χ1v) is 6.17. The third-order valence-corrected chi connectivity index (χ3v) is 3.22. The van der Waals surface area contributed by atoms with Gasteiger partial charge in [0.15, 0.2) is 0 Å². The van der Waals surface area contributed by atoms with Gasteiger partial charge in [-0.25, -0.2) is 4.39 Å². The number of rotatable bonds is 2. The molecule has 0 aliphatic carbocycles. The molecule has 0 saturated carbocycles. The van der Waals surface area contributed by atoms with Crippen molar-refractivity contribution in [1.29, 1.82) is 0 Å². The zero-order valence-corrected chi connectivity index (χ0v) is 10.6. The summed E-state index contributed by atoms with van der Waals surface area (Å²) in [5.41, 5.74) is -0.698. The topological polar surface area (TPSA) is 15.3 Å². The summed E-state index contributed by atoms with van der Waals surface area (Å²) in [5, 5.41) is 3.23. The van der Waals surface area contributed by atoms with Crippen LogP contribution in [0.3, 0.4) is 0 Å². The van der Waals surface area contributed by atoms with Crippen molar-refractivity contribution in [2.45, 2.75) is 25.7 Å². The average molecular weight is 276 g/mol. The molecule has 1 saturated heterocycles. The number of hydrogen-bond acceptors (Lipinski definition) is 2. The van der Waals surface area contributed by atoms with Crippen molar-refractivity contribution in [3.63, 3.8) is 0 Å². The molecule has 1 aromatic rings. The number of nitrogens with one attached hydrogen (secondary N) is 1. The molecule has 1 aliphatic heterocycles. The molecule has 0 aromatic heterocycles. The molecule has 1 N–H and O–H groups in total. The van der Waals surface area contributed by atoms with Gasteiger partial charge in [-0.2, -0.15) is 13.2 Å². The van der Waals surface area contributed by atoms with E-state index in [1.54, 1.807) is 0 Å². The van der Waals surface area contributed by atoms with E-state index in [0.717, 1.165) is 24.7 Å². The summed E-state index contributed by atoms with van der Waals surface area (Å²) in [7, 11) is 0. The first-order valence-electron chi connectivity index (χ1n) is 6.17. The maximum atomic E-state index is 13.6. The molecule has 1 atom stereocenters. The minimum Gasteiger partial charge on any atom is -0.312 e. The third-order valence-electron chi connectivity index (χ3n) is 3.22. The predicted molar refractivity (Wildman–Crippen MR) is 64.1 cm³/mol. The van der Waals surface area contributed by atoms with Gasteiger partial charge in [-0.05, 0) is 25.1 Å². The van der Waals surface area contributed by atoms with Gasteiger partial charge in [0.05, 0.1) is 5.56 Å². The summed E-state index contributed by atoms with van der Waals surface area (Å²) < 4.78 is 51.4. The highest BCUT2D eigenvalue weighted by Crippen LogP contribution is 2.30. The van der Waals surface area contributed by atoms with Gasteiger partial charge in [0.2, 0.25) is 0 Å². The first-order chi connectivity index (χ1) is 8.86. The fraction of sp³-hybridized carbons (Fsp3) is 0.538. The second-order valence-corrected chi connectivity index (χ2v) is 4.89. The lowest BCUT2D eigenvalue weighted by molar-refractivity contribution is -0.137. The molecule has 106 valence electrons. The van der Waals surface area contributed by atoms with Gasteiger partial charge in [0.1, 0.15) is 5.82 Å². The lowest BCUT2D eigenvalue weighted by Crippen LogP contribution is -2.48. The second kappa shape index (κ2) is 5.46. The van der Waals surface area contributed by atoms with Crippen molar-refractivity contribution < 1.29 is 17.6 Å². The van der Waals surface area contributed by atoms with Crippen LogP contribution in [0.15, 0.2) is 18.2 Å². The number of alkyl halides is 3. The molecule has 6 heteroatoms. The molecule has 2 rings (SSSR count). The quantitative estimate of drug-likeness (QED) is 0.835. The summed E-state index contributed by atoms with van der Waals surface area (Å²) in [6.45, 7) is 4.38. The van der Waals surface area contributed by atoms with Crippen LogP contribution in [-0.4, -0.2) is 30.6 Å². The van der Waals surface area contributed by atoms with Crippen LogP contribution in [0.5, 0.6) is 0 Å². The van der Waals surface area contributed by atoms with Crippen molar-refractivity contribution in [2.75, 3.05) is 19.6 Å². The SMILES string of the molecule is C[C@H]1CN(Cc2cc(C(F)(F)F)ccc2F)CCN1. The monoisotopic (exact) mass is 276 g/mol. The third kappa shape index (κ3) is 3.67. The van der Waals surface area contributed by atoms with E-state index in [1.807, 2.05) is 11.8 Å². The van der Waals surface area contributed by atoms with Gasteiger partial charge in [-0.1, -0.05) is 0 Å². The highest BCUT2D eigenvalue weighted by atomic mass is 19.4. The van der Waals surface area contributed by atoms with E-state index in [9.17, 15) is 17.6 Å². The minimum atomic E-state index is -4.43.